The van der Waals surface area contributed by atoms with Crippen LogP contribution in [0.1, 0.15) is 28.4 Å². The fourth-order valence-electron chi connectivity index (χ4n) is 2.62. The first-order valence-corrected chi connectivity index (χ1v) is 7.54. The molecular weight excluding hydrogens is 292 g/mol. The molecule has 23 heavy (non-hydrogen) atoms. The van der Waals surface area contributed by atoms with E-state index in [0.717, 1.165) is 6.54 Å². The summed E-state index contributed by atoms with van der Waals surface area (Å²) in [5.41, 5.74) is 4.22. The summed E-state index contributed by atoms with van der Waals surface area (Å²) in [4.78, 5) is 12.4. The zero-order valence-electron chi connectivity index (χ0n) is 13.7. The van der Waals surface area contributed by atoms with Crippen LogP contribution in [0.25, 0.3) is 0 Å². The summed E-state index contributed by atoms with van der Waals surface area (Å²) in [7, 11) is 1.93. The Morgan fingerprint density at radius 3 is 2.61 bits per heavy atom. The first kappa shape index (κ1) is 17.1. The third-order valence-electron chi connectivity index (χ3n) is 3.89. The third-order valence-corrected chi connectivity index (χ3v) is 3.89. The molecule has 0 bridgehead atoms. The SMILES string of the molecule is Cc1ccc(CN(C)CC(O)c2cccc([N+](=O)[O-])c2)c(C)c1. The summed E-state index contributed by atoms with van der Waals surface area (Å²) in [6.45, 7) is 5.27. The molecule has 0 fully saturated rings. The predicted octanol–water partition coefficient (Wildman–Crippen LogP) is 3.38. The Morgan fingerprint density at radius 2 is 1.96 bits per heavy atom. The summed E-state index contributed by atoms with van der Waals surface area (Å²) in [5, 5.41) is 21.1. The number of aryl methyl sites for hydroxylation is 2. The Balaban J connectivity index is 2.03. The number of rotatable bonds is 6. The first-order chi connectivity index (χ1) is 10.9. The third kappa shape index (κ3) is 4.61. The van der Waals surface area contributed by atoms with Crippen molar-refractivity contribution in [1.82, 2.24) is 4.90 Å². The van der Waals surface area contributed by atoms with Gasteiger partial charge in [-0.15, -0.1) is 0 Å². The zero-order valence-corrected chi connectivity index (χ0v) is 13.7. The van der Waals surface area contributed by atoms with Gasteiger partial charge in [-0.2, -0.15) is 0 Å². The maximum atomic E-state index is 10.8. The van der Waals surface area contributed by atoms with E-state index in [-0.39, 0.29) is 5.69 Å². The molecule has 5 nitrogen and oxygen atoms in total. The molecule has 0 amide bonds. The van der Waals surface area contributed by atoms with E-state index >= 15 is 0 Å². The number of hydrogen-bond acceptors (Lipinski definition) is 4. The van der Waals surface area contributed by atoms with Gasteiger partial charge in [0.05, 0.1) is 11.0 Å². The second kappa shape index (κ2) is 7.35. The molecule has 2 aromatic carbocycles. The van der Waals surface area contributed by atoms with Crippen LogP contribution in [-0.2, 0) is 6.54 Å². The van der Waals surface area contributed by atoms with E-state index in [4.69, 9.17) is 0 Å². The van der Waals surface area contributed by atoms with Gasteiger partial charge in [-0.3, -0.25) is 15.0 Å². The number of nitro benzene ring substituents is 1. The lowest BCUT2D eigenvalue weighted by Crippen LogP contribution is -2.24. The van der Waals surface area contributed by atoms with Crippen molar-refractivity contribution in [3.8, 4) is 0 Å². The van der Waals surface area contributed by atoms with Crippen LogP contribution >= 0.6 is 0 Å². The number of nitro groups is 1. The summed E-state index contributed by atoms with van der Waals surface area (Å²) < 4.78 is 0. The molecule has 0 spiro atoms. The second-order valence-corrected chi connectivity index (χ2v) is 5.99. The molecule has 122 valence electrons. The Labute approximate surface area is 136 Å². The normalized spacial score (nSPS) is 12.4. The number of aliphatic hydroxyl groups excluding tert-OH is 1. The Hall–Kier alpha value is -2.24. The molecule has 0 radical (unpaired) electrons. The summed E-state index contributed by atoms with van der Waals surface area (Å²) >= 11 is 0. The van der Waals surface area contributed by atoms with Gasteiger partial charge in [0.1, 0.15) is 0 Å². The van der Waals surface area contributed by atoms with E-state index in [9.17, 15) is 15.2 Å². The van der Waals surface area contributed by atoms with Gasteiger partial charge < -0.3 is 5.11 Å². The Morgan fingerprint density at radius 1 is 1.22 bits per heavy atom. The molecule has 0 saturated heterocycles. The van der Waals surface area contributed by atoms with Crippen molar-refractivity contribution in [2.75, 3.05) is 13.6 Å². The lowest BCUT2D eigenvalue weighted by molar-refractivity contribution is -0.385. The maximum Gasteiger partial charge on any atom is 0.269 e. The van der Waals surface area contributed by atoms with Gasteiger partial charge in [0.2, 0.25) is 0 Å². The van der Waals surface area contributed by atoms with Crippen molar-refractivity contribution in [3.05, 3.63) is 74.8 Å². The number of likely N-dealkylation sites (N-methyl/N-ethyl adjacent to an activating group) is 1. The van der Waals surface area contributed by atoms with Gasteiger partial charge in [-0.25, -0.2) is 0 Å². The van der Waals surface area contributed by atoms with Gasteiger partial charge in [-0.1, -0.05) is 35.9 Å². The summed E-state index contributed by atoms with van der Waals surface area (Å²) in [5.74, 6) is 0. The van der Waals surface area contributed by atoms with Gasteiger partial charge >= 0.3 is 0 Å². The molecular formula is C18H22N2O3. The number of hydrogen-bond donors (Lipinski definition) is 1. The van der Waals surface area contributed by atoms with Crippen molar-refractivity contribution < 1.29 is 10.0 Å². The monoisotopic (exact) mass is 314 g/mol. The highest BCUT2D eigenvalue weighted by atomic mass is 16.6. The highest BCUT2D eigenvalue weighted by Crippen LogP contribution is 2.21. The van der Waals surface area contributed by atoms with E-state index in [1.807, 2.05) is 11.9 Å². The van der Waals surface area contributed by atoms with Crippen LogP contribution in [0.5, 0.6) is 0 Å². The van der Waals surface area contributed by atoms with E-state index in [1.54, 1.807) is 12.1 Å². The lowest BCUT2D eigenvalue weighted by Gasteiger charge is -2.22. The van der Waals surface area contributed by atoms with Crippen LogP contribution in [-0.4, -0.2) is 28.5 Å². The highest BCUT2D eigenvalue weighted by molar-refractivity contribution is 5.35. The molecule has 2 rings (SSSR count). The Bertz CT molecular complexity index is 700. The van der Waals surface area contributed by atoms with Crippen LogP contribution < -0.4 is 0 Å². The van der Waals surface area contributed by atoms with Crippen molar-refractivity contribution in [1.29, 1.82) is 0 Å². The topological polar surface area (TPSA) is 66.6 Å². The highest BCUT2D eigenvalue weighted by Gasteiger charge is 2.15. The van der Waals surface area contributed by atoms with Gasteiger partial charge in [0.15, 0.2) is 0 Å². The van der Waals surface area contributed by atoms with Crippen LogP contribution in [0, 0.1) is 24.0 Å². The minimum Gasteiger partial charge on any atom is -0.387 e. The molecule has 0 aliphatic carbocycles. The summed E-state index contributed by atoms with van der Waals surface area (Å²) in [6, 6.07) is 12.5. The zero-order chi connectivity index (χ0) is 17.0. The average molecular weight is 314 g/mol. The molecule has 1 unspecified atom stereocenters. The van der Waals surface area contributed by atoms with Gasteiger partial charge in [0.25, 0.3) is 5.69 Å². The smallest absolute Gasteiger partial charge is 0.269 e. The largest absolute Gasteiger partial charge is 0.387 e. The number of nitrogens with zero attached hydrogens (tertiary/aromatic N) is 2. The van der Waals surface area contributed by atoms with Crippen molar-refractivity contribution >= 4 is 5.69 Å². The molecule has 0 aliphatic heterocycles. The minimum absolute atomic E-state index is 0.00131. The molecule has 1 N–H and O–H groups in total. The number of benzene rings is 2. The molecule has 0 saturated carbocycles. The van der Waals surface area contributed by atoms with E-state index in [1.165, 1.54) is 28.8 Å². The van der Waals surface area contributed by atoms with Crippen molar-refractivity contribution in [3.63, 3.8) is 0 Å². The Kier molecular flexibility index (Phi) is 5.47. The second-order valence-electron chi connectivity index (χ2n) is 5.99. The van der Waals surface area contributed by atoms with Crippen LogP contribution in [0.2, 0.25) is 0 Å². The quantitative estimate of drug-likeness (QED) is 0.655. The number of non-ortho nitro benzene ring substituents is 1. The fourth-order valence-corrected chi connectivity index (χ4v) is 2.62. The molecule has 5 heteroatoms. The van der Waals surface area contributed by atoms with E-state index in [2.05, 4.69) is 32.0 Å². The molecule has 0 aromatic heterocycles. The molecule has 0 aliphatic rings. The first-order valence-electron chi connectivity index (χ1n) is 7.54. The van der Waals surface area contributed by atoms with Crippen molar-refractivity contribution in [2.45, 2.75) is 26.5 Å². The standard InChI is InChI=1S/C18H22N2O3/c1-13-7-8-16(14(2)9-13)11-19(3)12-18(21)15-5-4-6-17(10-15)20(22)23/h4-10,18,21H,11-12H2,1-3H3. The van der Waals surface area contributed by atoms with Crippen molar-refractivity contribution in [2.24, 2.45) is 0 Å². The molecule has 2 aromatic rings. The predicted molar refractivity (Wildman–Crippen MR) is 90.3 cm³/mol. The van der Waals surface area contributed by atoms with Crippen LogP contribution in [0.15, 0.2) is 42.5 Å². The minimum atomic E-state index is -0.759. The number of aliphatic hydroxyl groups is 1. The molecule has 1 atom stereocenters. The fraction of sp³-hybridized carbons (Fsp3) is 0.333. The summed E-state index contributed by atoms with van der Waals surface area (Å²) in [6.07, 6.45) is -0.759. The lowest BCUT2D eigenvalue weighted by atomic mass is 10.0. The maximum absolute atomic E-state index is 10.8. The van der Waals surface area contributed by atoms with Gasteiger partial charge in [0, 0.05) is 25.2 Å². The van der Waals surface area contributed by atoms with Crippen LogP contribution in [0.3, 0.4) is 0 Å². The van der Waals surface area contributed by atoms with E-state index in [0.29, 0.717) is 12.1 Å². The molecule has 0 heterocycles. The van der Waals surface area contributed by atoms with Crippen LogP contribution in [0.4, 0.5) is 5.69 Å². The average Bonchev–Trinajstić information content (AvgIpc) is 2.50. The van der Waals surface area contributed by atoms with E-state index < -0.39 is 11.0 Å². The van der Waals surface area contributed by atoms with Gasteiger partial charge in [-0.05, 0) is 37.6 Å².